The van der Waals surface area contributed by atoms with Gasteiger partial charge in [-0.05, 0) is 6.92 Å². The minimum atomic E-state index is -1.08. The van der Waals surface area contributed by atoms with E-state index in [4.69, 9.17) is 18.9 Å². The molecule has 1 aromatic carbocycles. The van der Waals surface area contributed by atoms with Gasteiger partial charge in [-0.15, -0.1) is 0 Å². The predicted octanol–water partition coefficient (Wildman–Crippen LogP) is 1.47. The summed E-state index contributed by atoms with van der Waals surface area (Å²) in [5.41, 5.74) is -0.841. The summed E-state index contributed by atoms with van der Waals surface area (Å²) in [5.74, 6) is -1.44. The van der Waals surface area contributed by atoms with Crippen LogP contribution in [0.2, 0.25) is 0 Å². The molecule has 0 bridgehead atoms. The molecule has 0 spiro atoms. The van der Waals surface area contributed by atoms with Gasteiger partial charge in [-0.2, -0.15) is 0 Å². The van der Waals surface area contributed by atoms with Crippen LogP contribution < -0.4 is 9.47 Å². The van der Waals surface area contributed by atoms with Crippen LogP contribution >= 0.6 is 0 Å². The Morgan fingerprint density at radius 2 is 1.91 bits per heavy atom. The van der Waals surface area contributed by atoms with Crippen molar-refractivity contribution in [2.45, 2.75) is 25.6 Å². The van der Waals surface area contributed by atoms with Crippen LogP contribution in [0.3, 0.4) is 0 Å². The second-order valence-electron chi connectivity index (χ2n) is 4.86. The van der Waals surface area contributed by atoms with E-state index in [0.717, 1.165) is 12.1 Å². The molecular weight excluding hydrogens is 310 g/mol. The predicted molar refractivity (Wildman–Crippen MR) is 75.6 cm³/mol. The number of benzene rings is 1. The van der Waals surface area contributed by atoms with Crippen LogP contribution in [0.4, 0.5) is 5.69 Å². The zero-order valence-electron chi connectivity index (χ0n) is 12.7. The molecule has 1 saturated heterocycles. The van der Waals surface area contributed by atoms with Gasteiger partial charge in [-0.1, -0.05) is 0 Å². The van der Waals surface area contributed by atoms with Crippen molar-refractivity contribution in [1.82, 2.24) is 0 Å². The number of cyclic esters (lactones) is 1. The van der Waals surface area contributed by atoms with Gasteiger partial charge in [0.2, 0.25) is 6.10 Å². The van der Waals surface area contributed by atoms with Crippen LogP contribution in [-0.4, -0.2) is 43.3 Å². The SMILES string of the molecule is COc1cc(C(=O)O[C@H]2C[C@@H](C)OC2=O)c([N+](=O)[O-])cc1OC. The van der Waals surface area contributed by atoms with E-state index in [1.54, 1.807) is 6.92 Å². The minimum Gasteiger partial charge on any atom is -0.493 e. The number of rotatable bonds is 5. The van der Waals surface area contributed by atoms with Gasteiger partial charge in [0, 0.05) is 12.5 Å². The highest BCUT2D eigenvalue weighted by Gasteiger charge is 2.37. The number of carbonyl (C=O) groups is 2. The van der Waals surface area contributed by atoms with Gasteiger partial charge in [-0.3, -0.25) is 10.1 Å². The number of nitrogens with zero attached hydrogens (tertiary/aromatic N) is 1. The highest BCUT2D eigenvalue weighted by atomic mass is 16.6. The molecule has 2 rings (SSSR count). The van der Waals surface area contributed by atoms with Crippen molar-refractivity contribution in [3.8, 4) is 11.5 Å². The first-order valence-corrected chi connectivity index (χ1v) is 6.69. The molecule has 0 radical (unpaired) electrons. The van der Waals surface area contributed by atoms with Crippen LogP contribution in [0.15, 0.2) is 12.1 Å². The van der Waals surface area contributed by atoms with Crippen molar-refractivity contribution in [3.63, 3.8) is 0 Å². The van der Waals surface area contributed by atoms with Crippen LogP contribution in [0.25, 0.3) is 0 Å². The number of esters is 2. The van der Waals surface area contributed by atoms with Crippen LogP contribution in [0.5, 0.6) is 11.5 Å². The van der Waals surface area contributed by atoms with Crippen molar-refractivity contribution < 1.29 is 33.5 Å². The molecule has 0 amide bonds. The summed E-state index contributed by atoms with van der Waals surface area (Å²) < 4.78 is 19.9. The lowest BCUT2D eigenvalue weighted by Gasteiger charge is -2.12. The van der Waals surface area contributed by atoms with E-state index in [1.807, 2.05) is 0 Å². The average molecular weight is 325 g/mol. The fourth-order valence-corrected chi connectivity index (χ4v) is 2.19. The number of methoxy groups -OCH3 is 2. The number of hydrogen-bond acceptors (Lipinski definition) is 8. The molecule has 1 aliphatic rings. The second-order valence-corrected chi connectivity index (χ2v) is 4.86. The Labute approximate surface area is 131 Å². The van der Waals surface area contributed by atoms with E-state index in [9.17, 15) is 19.7 Å². The van der Waals surface area contributed by atoms with Crippen LogP contribution in [-0.2, 0) is 14.3 Å². The van der Waals surface area contributed by atoms with Crippen LogP contribution in [0.1, 0.15) is 23.7 Å². The number of carbonyl (C=O) groups excluding carboxylic acids is 2. The summed E-state index contributed by atoms with van der Waals surface area (Å²) in [6.07, 6.45) is -1.25. The van der Waals surface area contributed by atoms with Gasteiger partial charge in [0.15, 0.2) is 11.5 Å². The quantitative estimate of drug-likeness (QED) is 0.454. The summed E-state index contributed by atoms with van der Waals surface area (Å²) in [5, 5.41) is 11.2. The van der Waals surface area contributed by atoms with E-state index in [-0.39, 0.29) is 29.6 Å². The summed E-state index contributed by atoms with van der Waals surface area (Å²) in [6.45, 7) is 1.66. The van der Waals surface area contributed by atoms with Crippen molar-refractivity contribution in [1.29, 1.82) is 0 Å². The molecule has 9 nitrogen and oxygen atoms in total. The molecule has 0 aliphatic carbocycles. The Bertz CT molecular complexity index is 656. The van der Waals surface area contributed by atoms with Gasteiger partial charge in [-0.25, -0.2) is 9.59 Å². The van der Waals surface area contributed by atoms with E-state index >= 15 is 0 Å². The zero-order chi connectivity index (χ0) is 17.1. The third-order valence-electron chi connectivity index (χ3n) is 3.29. The highest BCUT2D eigenvalue weighted by molar-refractivity contribution is 5.96. The van der Waals surface area contributed by atoms with Gasteiger partial charge in [0.05, 0.1) is 25.2 Å². The van der Waals surface area contributed by atoms with Gasteiger partial charge in [0.1, 0.15) is 11.7 Å². The molecule has 9 heteroatoms. The first-order valence-electron chi connectivity index (χ1n) is 6.69. The maximum absolute atomic E-state index is 12.2. The van der Waals surface area contributed by atoms with E-state index in [1.165, 1.54) is 14.2 Å². The Balaban J connectivity index is 2.35. The molecule has 0 unspecified atom stereocenters. The van der Waals surface area contributed by atoms with Crippen molar-refractivity contribution in [3.05, 3.63) is 27.8 Å². The normalized spacial score (nSPS) is 19.9. The Kier molecular flexibility index (Phi) is 4.68. The second kappa shape index (κ2) is 6.51. The average Bonchev–Trinajstić information content (AvgIpc) is 2.83. The smallest absolute Gasteiger partial charge is 0.347 e. The lowest BCUT2D eigenvalue weighted by atomic mass is 10.1. The fourth-order valence-electron chi connectivity index (χ4n) is 2.19. The monoisotopic (exact) mass is 325 g/mol. The topological polar surface area (TPSA) is 114 Å². The molecule has 23 heavy (non-hydrogen) atoms. The fraction of sp³-hybridized carbons (Fsp3) is 0.429. The lowest BCUT2D eigenvalue weighted by Crippen LogP contribution is -2.23. The number of hydrogen-bond donors (Lipinski definition) is 0. The lowest BCUT2D eigenvalue weighted by molar-refractivity contribution is -0.385. The Morgan fingerprint density at radius 1 is 1.30 bits per heavy atom. The number of ether oxygens (including phenoxy) is 4. The molecule has 1 heterocycles. The van der Waals surface area contributed by atoms with E-state index in [0.29, 0.717) is 0 Å². The number of nitro benzene ring substituents is 1. The van der Waals surface area contributed by atoms with Gasteiger partial charge >= 0.3 is 11.9 Å². The molecule has 124 valence electrons. The standard InChI is InChI=1S/C14H15NO8/c1-7-4-12(14(17)22-7)23-13(16)8-5-10(20-2)11(21-3)6-9(8)15(18)19/h5-7,12H,4H2,1-3H3/t7-,12+/m1/s1. The zero-order valence-corrected chi connectivity index (χ0v) is 12.7. The maximum Gasteiger partial charge on any atom is 0.347 e. The van der Waals surface area contributed by atoms with Gasteiger partial charge in [0.25, 0.3) is 5.69 Å². The maximum atomic E-state index is 12.2. The van der Waals surface area contributed by atoms with Crippen LogP contribution in [0, 0.1) is 10.1 Å². The molecule has 1 fully saturated rings. The third-order valence-corrected chi connectivity index (χ3v) is 3.29. The van der Waals surface area contributed by atoms with Gasteiger partial charge < -0.3 is 18.9 Å². The minimum absolute atomic E-state index is 0.102. The number of nitro groups is 1. The molecule has 1 aromatic rings. The summed E-state index contributed by atoms with van der Waals surface area (Å²) in [6, 6.07) is 2.20. The summed E-state index contributed by atoms with van der Waals surface area (Å²) in [7, 11) is 2.64. The first-order chi connectivity index (χ1) is 10.9. The largest absolute Gasteiger partial charge is 0.493 e. The Morgan fingerprint density at radius 3 is 2.39 bits per heavy atom. The van der Waals surface area contributed by atoms with Crippen molar-refractivity contribution in [2.24, 2.45) is 0 Å². The third kappa shape index (κ3) is 3.33. The summed E-state index contributed by atoms with van der Waals surface area (Å²) in [4.78, 5) is 34.1. The first kappa shape index (κ1) is 16.5. The Hall–Kier alpha value is -2.84. The van der Waals surface area contributed by atoms with Crippen molar-refractivity contribution >= 4 is 17.6 Å². The van der Waals surface area contributed by atoms with Crippen molar-refractivity contribution in [2.75, 3.05) is 14.2 Å². The molecule has 2 atom stereocenters. The van der Waals surface area contributed by atoms with E-state index in [2.05, 4.69) is 0 Å². The molecule has 0 aromatic heterocycles. The molecule has 0 saturated carbocycles. The molecular formula is C14H15NO8. The molecule has 1 aliphatic heterocycles. The summed E-state index contributed by atoms with van der Waals surface area (Å²) >= 11 is 0. The molecule has 0 N–H and O–H groups in total. The van der Waals surface area contributed by atoms with E-state index < -0.39 is 28.7 Å². The highest BCUT2D eigenvalue weighted by Crippen LogP contribution is 2.35.